The second-order valence-electron chi connectivity index (χ2n) is 4.14. The Morgan fingerprint density at radius 1 is 0.950 bits per heavy atom. The van der Waals surface area contributed by atoms with Gasteiger partial charge in [0.25, 0.3) is 0 Å². The zero-order valence-electron chi connectivity index (χ0n) is 11.0. The van der Waals surface area contributed by atoms with E-state index in [2.05, 4.69) is 31.9 Å². The van der Waals surface area contributed by atoms with Crippen molar-refractivity contribution in [2.24, 2.45) is 0 Å². The highest BCUT2D eigenvalue weighted by molar-refractivity contribution is 9.10. The summed E-state index contributed by atoms with van der Waals surface area (Å²) in [7, 11) is 3.28. The summed E-state index contributed by atoms with van der Waals surface area (Å²) in [6, 6.07) is 11.6. The quantitative estimate of drug-likeness (QED) is 0.603. The molecular weight excluding hydrogens is 407 g/mol. The summed E-state index contributed by atoms with van der Waals surface area (Å²) in [5.41, 5.74) is 1.98. The lowest BCUT2D eigenvalue weighted by molar-refractivity contribution is 0.412. The van der Waals surface area contributed by atoms with Gasteiger partial charge in [0.2, 0.25) is 0 Å². The molecule has 5 heteroatoms. The van der Waals surface area contributed by atoms with Crippen LogP contribution in [0.25, 0.3) is 0 Å². The number of halogens is 3. The third-order valence-electron chi connectivity index (χ3n) is 2.95. The van der Waals surface area contributed by atoms with Gasteiger partial charge in [0.1, 0.15) is 11.5 Å². The second-order valence-corrected chi connectivity index (χ2v) is 6.29. The van der Waals surface area contributed by atoms with Crippen LogP contribution in [0.5, 0.6) is 11.5 Å². The summed E-state index contributed by atoms with van der Waals surface area (Å²) < 4.78 is 12.2. The van der Waals surface area contributed by atoms with E-state index in [1.807, 2.05) is 36.4 Å². The Kier molecular flexibility index (Phi) is 5.35. The molecule has 0 amide bonds. The highest BCUT2D eigenvalue weighted by Gasteiger charge is 2.16. The van der Waals surface area contributed by atoms with E-state index in [4.69, 9.17) is 21.1 Å². The van der Waals surface area contributed by atoms with Gasteiger partial charge < -0.3 is 9.47 Å². The Labute approximate surface area is 140 Å². The first-order valence-electron chi connectivity index (χ1n) is 5.87. The minimum Gasteiger partial charge on any atom is -0.497 e. The summed E-state index contributed by atoms with van der Waals surface area (Å²) in [4.78, 5) is 0. The Morgan fingerprint density at radius 3 is 2.25 bits per heavy atom. The third-order valence-corrected chi connectivity index (χ3v) is 4.74. The van der Waals surface area contributed by atoms with Crippen molar-refractivity contribution >= 4 is 43.5 Å². The highest BCUT2D eigenvalue weighted by Crippen LogP contribution is 2.38. The van der Waals surface area contributed by atoms with Gasteiger partial charge in [0, 0.05) is 4.47 Å². The van der Waals surface area contributed by atoms with Crippen LogP contribution in [0.1, 0.15) is 16.5 Å². The molecule has 0 spiro atoms. The Bertz CT molecular complexity index is 617. The van der Waals surface area contributed by atoms with Crippen molar-refractivity contribution in [2.75, 3.05) is 14.2 Å². The molecule has 0 radical (unpaired) electrons. The molecule has 1 unspecified atom stereocenters. The van der Waals surface area contributed by atoms with E-state index in [1.54, 1.807) is 14.2 Å². The molecular formula is C15H13Br2ClO2. The van der Waals surface area contributed by atoms with Crippen LogP contribution < -0.4 is 9.47 Å². The zero-order valence-corrected chi connectivity index (χ0v) is 14.9. The number of benzene rings is 2. The molecule has 0 heterocycles. The first-order chi connectivity index (χ1) is 9.56. The van der Waals surface area contributed by atoms with E-state index < -0.39 is 0 Å². The lowest BCUT2D eigenvalue weighted by Crippen LogP contribution is -1.96. The number of methoxy groups -OCH3 is 2. The molecule has 0 aromatic heterocycles. The molecule has 0 saturated carbocycles. The van der Waals surface area contributed by atoms with Gasteiger partial charge >= 0.3 is 0 Å². The van der Waals surface area contributed by atoms with Crippen molar-refractivity contribution < 1.29 is 9.47 Å². The molecule has 106 valence electrons. The number of ether oxygens (including phenoxy) is 2. The number of alkyl halides is 1. The van der Waals surface area contributed by atoms with E-state index in [1.165, 1.54) is 0 Å². The maximum absolute atomic E-state index is 6.57. The van der Waals surface area contributed by atoms with Crippen molar-refractivity contribution in [1.29, 1.82) is 0 Å². The van der Waals surface area contributed by atoms with Crippen LogP contribution >= 0.6 is 43.5 Å². The van der Waals surface area contributed by atoms with Crippen LogP contribution in [0.4, 0.5) is 0 Å². The predicted molar refractivity (Wildman–Crippen MR) is 89.1 cm³/mol. The van der Waals surface area contributed by atoms with Gasteiger partial charge in [-0.3, -0.25) is 0 Å². The Hall–Kier alpha value is -0.710. The number of hydrogen-bond donors (Lipinski definition) is 0. The molecule has 2 nitrogen and oxygen atoms in total. The molecule has 1 atom stereocenters. The van der Waals surface area contributed by atoms with Crippen LogP contribution in [0.2, 0.25) is 0 Å². The van der Waals surface area contributed by atoms with Gasteiger partial charge in [-0.2, -0.15) is 0 Å². The van der Waals surface area contributed by atoms with E-state index in [0.717, 1.165) is 31.6 Å². The van der Waals surface area contributed by atoms with Crippen LogP contribution in [-0.2, 0) is 0 Å². The number of hydrogen-bond acceptors (Lipinski definition) is 2. The van der Waals surface area contributed by atoms with Gasteiger partial charge in [-0.15, -0.1) is 11.6 Å². The van der Waals surface area contributed by atoms with Crippen LogP contribution in [0.15, 0.2) is 45.3 Å². The van der Waals surface area contributed by atoms with Crippen LogP contribution in [0.3, 0.4) is 0 Å². The standard InChI is InChI=1S/C15H13Br2ClO2/c1-19-10-4-5-11(12(16)8-10)15(18)9-3-6-14(20-2)13(17)7-9/h3-8,15H,1-2H3. The number of rotatable bonds is 4. The van der Waals surface area contributed by atoms with Crippen molar-refractivity contribution in [2.45, 2.75) is 5.38 Å². The minimum absolute atomic E-state index is 0.252. The van der Waals surface area contributed by atoms with Crippen LogP contribution in [-0.4, -0.2) is 14.2 Å². The summed E-state index contributed by atoms with van der Waals surface area (Å²) in [6.07, 6.45) is 0. The molecule has 0 aliphatic heterocycles. The minimum atomic E-state index is -0.252. The molecule has 0 fully saturated rings. The summed E-state index contributed by atoms with van der Waals surface area (Å²) >= 11 is 13.6. The maximum atomic E-state index is 6.57. The highest BCUT2D eigenvalue weighted by atomic mass is 79.9. The predicted octanol–water partition coefficient (Wildman–Crippen LogP) is 5.56. The van der Waals surface area contributed by atoms with Crippen molar-refractivity contribution in [1.82, 2.24) is 0 Å². The zero-order chi connectivity index (χ0) is 14.7. The molecule has 0 aliphatic rings. The summed E-state index contributed by atoms with van der Waals surface area (Å²) in [5.74, 6) is 1.58. The van der Waals surface area contributed by atoms with Gasteiger partial charge in [-0.1, -0.05) is 28.1 Å². The SMILES string of the molecule is COc1ccc(C(Cl)c2ccc(OC)c(Br)c2)c(Br)c1. The van der Waals surface area contributed by atoms with Gasteiger partial charge in [-0.05, 0) is 51.3 Å². The van der Waals surface area contributed by atoms with E-state index in [-0.39, 0.29) is 5.38 Å². The first-order valence-corrected chi connectivity index (χ1v) is 7.90. The molecule has 0 N–H and O–H groups in total. The average molecular weight is 421 g/mol. The monoisotopic (exact) mass is 418 g/mol. The molecule has 0 saturated heterocycles. The van der Waals surface area contributed by atoms with Crippen molar-refractivity contribution in [3.8, 4) is 11.5 Å². The molecule has 2 rings (SSSR count). The topological polar surface area (TPSA) is 18.5 Å². The largest absolute Gasteiger partial charge is 0.497 e. The fourth-order valence-corrected chi connectivity index (χ4v) is 3.46. The third kappa shape index (κ3) is 3.30. The Morgan fingerprint density at radius 2 is 1.70 bits per heavy atom. The fraction of sp³-hybridized carbons (Fsp3) is 0.200. The molecule has 2 aromatic rings. The van der Waals surface area contributed by atoms with Crippen LogP contribution in [0, 0.1) is 0 Å². The fourth-order valence-electron chi connectivity index (χ4n) is 1.86. The van der Waals surface area contributed by atoms with Gasteiger partial charge in [0.05, 0.1) is 24.1 Å². The van der Waals surface area contributed by atoms with Gasteiger partial charge in [-0.25, -0.2) is 0 Å². The first kappa shape index (κ1) is 15.7. The molecule has 20 heavy (non-hydrogen) atoms. The Balaban J connectivity index is 2.35. The van der Waals surface area contributed by atoms with Crippen molar-refractivity contribution in [3.63, 3.8) is 0 Å². The van der Waals surface area contributed by atoms with E-state index >= 15 is 0 Å². The maximum Gasteiger partial charge on any atom is 0.133 e. The van der Waals surface area contributed by atoms with Gasteiger partial charge in [0.15, 0.2) is 0 Å². The lowest BCUT2D eigenvalue weighted by Gasteiger charge is -2.14. The molecule has 0 bridgehead atoms. The van der Waals surface area contributed by atoms with E-state index in [9.17, 15) is 0 Å². The summed E-state index contributed by atoms with van der Waals surface area (Å²) in [5, 5.41) is -0.252. The average Bonchev–Trinajstić information content (AvgIpc) is 2.46. The lowest BCUT2D eigenvalue weighted by atomic mass is 10.0. The normalized spacial score (nSPS) is 12.1. The van der Waals surface area contributed by atoms with E-state index in [0.29, 0.717) is 0 Å². The molecule has 0 aliphatic carbocycles. The molecule has 2 aromatic carbocycles. The second kappa shape index (κ2) is 6.83. The smallest absolute Gasteiger partial charge is 0.133 e. The summed E-state index contributed by atoms with van der Waals surface area (Å²) in [6.45, 7) is 0. The van der Waals surface area contributed by atoms with Crippen molar-refractivity contribution in [3.05, 3.63) is 56.5 Å².